The summed E-state index contributed by atoms with van der Waals surface area (Å²) in [5.41, 5.74) is 1.22. The number of ether oxygens (including phenoxy) is 6. The Morgan fingerprint density at radius 3 is 2.15 bits per heavy atom. The third-order valence-corrected chi connectivity index (χ3v) is 9.60. The normalized spacial score (nSPS) is 16.3. The van der Waals surface area contributed by atoms with E-state index in [-0.39, 0.29) is 64.7 Å². The van der Waals surface area contributed by atoms with Gasteiger partial charge in [-0.2, -0.15) is 0 Å². The summed E-state index contributed by atoms with van der Waals surface area (Å²) in [7, 11) is 0. The number of hydrogen-bond acceptors (Lipinski definition) is 15. The van der Waals surface area contributed by atoms with E-state index < -0.39 is 35.5 Å². The van der Waals surface area contributed by atoms with E-state index in [4.69, 9.17) is 28.4 Å². The van der Waals surface area contributed by atoms with Crippen LogP contribution in [0.1, 0.15) is 50.4 Å². The van der Waals surface area contributed by atoms with Crippen LogP contribution in [0.2, 0.25) is 0 Å². The lowest BCUT2D eigenvalue weighted by Crippen LogP contribution is -2.55. The van der Waals surface area contributed by atoms with Gasteiger partial charge in [0.2, 0.25) is 11.8 Å². The fourth-order valence-corrected chi connectivity index (χ4v) is 6.14. The standard InChI is InChI=1S/C42H61FN8O10/c1-42(2,3)39(41(55)51-11-9-32(52)26-51)50-38(53)28-61-21-19-59-17-15-57-13-12-56-14-16-58-18-20-60-27-30(43)24-46-40(54)33-25-45-37(22-35(33)47-31-5-6-31)49-36-7-4-29-23-44-10-8-34(29)48-36/h4,7-8,10,22-23,25,30-32,39,52H,5-6,9,11-21,24,26-28H2,1-3H3,(H,46,54)(H,50,53)(H2,45,47,48,49)/t30?,32-,39-/m1/s1. The highest BCUT2D eigenvalue weighted by molar-refractivity contribution is 6.00. The van der Waals surface area contributed by atoms with Gasteiger partial charge >= 0.3 is 0 Å². The summed E-state index contributed by atoms with van der Waals surface area (Å²) >= 11 is 0. The molecule has 18 nitrogen and oxygen atoms in total. The van der Waals surface area contributed by atoms with Crippen LogP contribution >= 0.6 is 0 Å². The van der Waals surface area contributed by atoms with Gasteiger partial charge in [-0.1, -0.05) is 20.8 Å². The van der Waals surface area contributed by atoms with Crippen molar-refractivity contribution in [3.63, 3.8) is 0 Å². The molecule has 336 valence electrons. The van der Waals surface area contributed by atoms with E-state index in [2.05, 4.69) is 36.2 Å². The van der Waals surface area contributed by atoms with Crippen LogP contribution in [0.15, 0.2) is 42.9 Å². The highest BCUT2D eigenvalue weighted by Gasteiger charge is 2.38. The Hall–Kier alpha value is -4.63. The minimum Gasteiger partial charge on any atom is -0.391 e. The summed E-state index contributed by atoms with van der Waals surface area (Å²) < 4.78 is 47.3. The molecule has 2 aliphatic rings. The molecule has 3 aromatic rings. The molecule has 3 aromatic heterocycles. The number of anilines is 3. The maximum atomic E-state index is 14.6. The highest BCUT2D eigenvalue weighted by atomic mass is 19.1. The van der Waals surface area contributed by atoms with E-state index in [1.54, 1.807) is 23.4 Å². The van der Waals surface area contributed by atoms with Crippen molar-refractivity contribution in [2.45, 2.75) is 64.4 Å². The molecule has 0 radical (unpaired) electrons. The van der Waals surface area contributed by atoms with Crippen molar-refractivity contribution in [2.75, 3.05) is 110 Å². The van der Waals surface area contributed by atoms with Gasteiger partial charge in [-0.3, -0.25) is 19.4 Å². The summed E-state index contributed by atoms with van der Waals surface area (Å²) in [5, 5.41) is 22.7. The summed E-state index contributed by atoms with van der Waals surface area (Å²) in [6, 6.07) is 6.88. The molecule has 5 rings (SSSR count). The van der Waals surface area contributed by atoms with Gasteiger partial charge in [0, 0.05) is 49.2 Å². The van der Waals surface area contributed by atoms with Crippen LogP contribution in [0, 0.1) is 5.41 Å². The fraction of sp³-hybridized carbons (Fsp3) is 0.619. The van der Waals surface area contributed by atoms with Crippen molar-refractivity contribution in [3.05, 3.63) is 48.4 Å². The van der Waals surface area contributed by atoms with E-state index in [0.29, 0.717) is 75.5 Å². The van der Waals surface area contributed by atoms with E-state index in [1.165, 1.54) is 6.20 Å². The molecule has 4 heterocycles. The molecule has 3 atom stereocenters. The number of pyridine rings is 3. The topological polar surface area (TPSA) is 217 Å². The van der Waals surface area contributed by atoms with Crippen LogP contribution in [0.25, 0.3) is 10.9 Å². The largest absolute Gasteiger partial charge is 0.391 e. The SMILES string of the molecule is CC(C)(C)[C@H](NC(=O)COCCOCCOCCOCCOCCOCC(F)CNC(=O)c1cnc(Nc2ccc3cnccc3n2)cc1NC1CC1)C(=O)N1CC[C@@H](O)C1. The third kappa shape index (κ3) is 17.0. The number of rotatable bonds is 28. The smallest absolute Gasteiger partial charge is 0.255 e. The summed E-state index contributed by atoms with van der Waals surface area (Å²) in [4.78, 5) is 53.1. The maximum absolute atomic E-state index is 14.6. The van der Waals surface area contributed by atoms with Crippen molar-refractivity contribution < 1.29 is 52.3 Å². The molecule has 1 aliphatic carbocycles. The molecule has 0 bridgehead atoms. The Morgan fingerprint density at radius 2 is 1.52 bits per heavy atom. The molecule has 19 heteroatoms. The Balaban J connectivity index is 0.818. The Labute approximate surface area is 355 Å². The number of carbonyl (C=O) groups is 3. The minimum atomic E-state index is -1.41. The molecule has 1 aliphatic heterocycles. The van der Waals surface area contributed by atoms with Crippen molar-refractivity contribution in [3.8, 4) is 0 Å². The Kier molecular flexibility index (Phi) is 19.2. The predicted octanol–water partition coefficient (Wildman–Crippen LogP) is 2.63. The number of hydrogen-bond donors (Lipinski definition) is 5. The molecule has 3 amide bonds. The second-order valence-corrected chi connectivity index (χ2v) is 15.9. The first-order valence-corrected chi connectivity index (χ1v) is 20.9. The van der Waals surface area contributed by atoms with Crippen LogP contribution < -0.4 is 21.3 Å². The van der Waals surface area contributed by atoms with Crippen molar-refractivity contribution >= 4 is 45.9 Å². The summed E-state index contributed by atoms with van der Waals surface area (Å²) in [6.45, 7) is 8.88. The zero-order valence-corrected chi connectivity index (χ0v) is 35.4. The number of halogens is 1. The second-order valence-electron chi connectivity index (χ2n) is 15.9. The number of nitrogens with zero attached hydrogens (tertiary/aromatic N) is 4. The molecule has 2 fully saturated rings. The molecule has 0 spiro atoms. The highest BCUT2D eigenvalue weighted by Crippen LogP contribution is 2.29. The van der Waals surface area contributed by atoms with Crippen molar-refractivity contribution in [1.82, 2.24) is 30.5 Å². The molecule has 1 saturated carbocycles. The van der Waals surface area contributed by atoms with E-state index >= 15 is 0 Å². The quantitative estimate of drug-likeness (QED) is 0.0664. The van der Waals surface area contributed by atoms with Crippen LogP contribution in [0.4, 0.5) is 21.7 Å². The number of amides is 3. The lowest BCUT2D eigenvalue weighted by atomic mass is 9.85. The summed E-state index contributed by atoms with van der Waals surface area (Å²) in [5.74, 6) is 0.0866. The minimum absolute atomic E-state index is 0.191. The van der Waals surface area contributed by atoms with Gasteiger partial charge in [-0.25, -0.2) is 14.4 Å². The Morgan fingerprint density at radius 1 is 0.869 bits per heavy atom. The number of aliphatic hydroxyl groups excluding tert-OH is 1. The molecular weight excluding hydrogens is 796 g/mol. The number of nitrogens with one attached hydrogen (secondary N) is 4. The predicted molar refractivity (Wildman–Crippen MR) is 224 cm³/mol. The summed E-state index contributed by atoms with van der Waals surface area (Å²) in [6.07, 6.45) is 5.50. The molecular formula is C42H61FN8O10. The van der Waals surface area contributed by atoms with Gasteiger partial charge in [-0.05, 0) is 42.9 Å². The van der Waals surface area contributed by atoms with Gasteiger partial charge in [0.05, 0.1) is 102 Å². The number of carbonyl (C=O) groups excluding carboxylic acids is 3. The van der Waals surface area contributed by atoms with Gasteiger partial charge in [0.25, 0.3) is 5.91 Å². The van der Waals surface area contributed by atoms with Crippen LogP contribution in [-0.2, 0) is 38.0 Å². The zero-order valence-electron chi connectivity index (χ0n) is 35.4. The second kappa shape index (κ2) is 24.7. The van der Waals surface area contributed by atoms with Crippen LogP contribution in [-0.4, -0.2) is 166 Å². The van der Waals surface area contributed by atoms with Crippen molar-refractivity contribution in [1.29, 1.82) is 0 Å². The van der Waals surface area contributed by atoms with Gasteiger partial charge in [-0.15, -0.1) is 0 Å². The number of β-amino-alcohol motifs (C(OH)–C–C–N with tert-alkyl or cyclic N) is 1. The zero-order chi connectivity index (χ0) is 43.5. The number of alkyl halides is 1. The van der Waals surface area contributed by atoms with Gasteiger partial charge < -0.3 is 59.7 Å². The number of likely N-dealkylation sites (tertiary alicyclic amines) is 1. The average Bonchev–Trinajstić information content (AvgIpc) is 3.95. The molecule has 0 aromatic carbocycles. The van der Waals surface area contributed by atoms with Crippen LogP contribution in [0.3, 0.4) is 0 Å². The van der Waals surface area contributed by atoms with E-state index in [1.807, 2.05) is 39.0 Å². The maximum Gasteiger partial charge on any atom is 0.255 e. The molecule has 61 heavy (non-hydrogen) atoms. The number of fused-ring (bicyclic) bond motifs is 1. The average molecular weight is 857 g/mol. The first-order chi connectivity index (χ1) is 29.5. The molecule has 5 N–H and O–H groups in total. The lowest BCUT2D eigenvalue weighted by molar-refractivity contribution is -0.140. The molecule has 1 saturated heterocycles. The van der Waals surface area contributed by atoms with E-state index in [0.717, 1.165) is 23.7 Å². The van der Waals surface area contributed by atoms with Crippen LogP contribution in [0.5, 0.6) is 0 Å². The lowest BCUT2D eigenvalue weighted by Gasteiger charge is -2.33. The third-order valence-electron chi connectivity index (χ3n) is 9.60. The monoisotopic (exact) mass is 856 g/mol. The Bertz CT molecular complexity index is 1830. The van der Waals surface area contributed by atoms with Gasteiger partial charge in [0.1, 0.15) is 30.5 Å². The van der Waals surface area contributed by atoms with Crippen molar-refractivity contribution in [2.24, 2.45) is 5.41 Å². The number of aromatic nitrogens is 3. The first kappa shape index (κ1) is 47.4. The fourth-order valence-electron chi connectivity index (χ4n) is 6.14. The molecule has 1 unspecified atom stereocenters. The van der Waals surface area contributed by atoms with E-state index in [9.17, 15) is 23.9 Å². The number of aliphatic hydroxyl groups is 1. The van der Waals surface area contributed by atoms with Gasteiger partial charge in [0.15, 0.2) is 0 Å². The first-order valence-electron chi connectivity index (χ1n) is 20.9.